The van der Waals surface area contributed by atoms with Gasteiger partial charge in [-0.15, -0.1) is 0 Å². The molecule has 3 nitrogen and oxygen atoms in total. The highest BCUT2D eigenvalue weighted by molar-refractivity contribution is 5.39. The Bertz CT molecular complexity index is 288. The molecule has 82 valence electrons. The zero-order valence-electron chi connectivity index (χ0n) is 9.08. The molecular weight excluding hydrogens is 186 g/mol. The maximum atomic E-state index is 5.65. The lowest BCUT2D eigenvalue weighted by atomic mass is 10.1. The molecule has 15 heavy (non-hydrogen) atoms. The molecule has 1 saturated heterocycles. The Hall–Kier alpha value is -1.06. The lowest BCUT2D eigenvalue weighted by molar-refractivity contribution is 0.244. The van der Waals surface area contributed by atoms with Crippen molar-refractivity contribution in [1.82, 2.24) is 10.2 Å². The summed E-state index contributed by atoms with van der Waals surface area (Å²) >= 11 is 0. The van der Waals surface area contributed by atoms with Crippen LogP contribution < -0.4 is 11.1 Å². The zero-order chi connectivity index (χ0) is 10.5. The summed E-state index contributed by atoms with van der Waals surface area (Å²) in [7, 11) is 0. The molecule has 0 aliphatic carbocycles. The standard InChI is InChI=1S/C12H19N3/c13-12-3-1-11(2-4-12)5-8-15-9-6-14-7-10-15/h1-4,14H,5-10,13H2. The molecule has 1 aromatic rings. The number of benzene rings is 1. The second kappa shape index (κ2) is 5.14. The fraction of sp³-hybridized carbons (Fsp3) is 0.500. The van der Waals surface area contributed by atoms with Gasteiger partial charge >= 0.3 is 0 Å². The minimum atomic E-state index is 0.848. The first-order valence-electron chi connectivity index (χ1n) is 5.62. The smallest absolute Gasteiger partial charge is 0.0314 e. The van der Waals surface area contributed by atoms with E-state index in [0.717, 1.165) is 31.7 Å². The fourth-order valence-corrected chi connectivity index (χ4v) is 1.91. The lowest BCUT2D eigenvalue weighted by Crippen LogP contribution is -2.44. The summed E-state index contributed by atoms with van der Waals surface area (Å²) in [4.78, 5) is 2.51. The van der Waals surface area contributed by atoms with Crippen molar-refractivity contribution in [2.45, 2.75) is 6.42 Å². The van der Waals surface area contributed by atoms with E-state index in [1.54, 1.807) is 0 Å². The molecule has 3 N–H and O–H groups in total. The summed E-state index contributed by atoms with van der Waals surface area (Å²) < 4.78 is 0. The first-order chi connectivity index (χ1) is 7.34. The van der Waals surface area contributed by atoms with E-state index in [4.69, 9.17) is 5.73 Å². The van der Waals surface area contributed by atoms with Gasteiger partial charge in [-0.1, -0.05) is 12.1 Å². The van der Waals surface area contributed by atoms with Crippen LogP contribution in [0.1, 0.15) is 5.56 Å². The van der Waals surface area contributed by atoms with Crippen LogP contribution in [0.2, 0.25) is 0 Å². The van der Waals surface area contributed by atoms with Crippen molar-refractivity contribution < 1.29 is 0 Å². The van der Waals surface area contributed by atoms with Crippen molar-refractivity contribution in [2.24, 2.45) is 0 Å². The minimum Gasteiger partial charge on any atom is -0.399 e. The summed E-state index contributed by atoms with van der Waals surface area (Å²) in [5.41, 5.74) is 7.87. The number of rotatable bonds is 3. The Morgan fingerprint density at radius 2 is 1.80 bits per heavy atom. The van der Waals surface area contributed by atoms with Crippen molar-refractivity contribution in [3.63, 3.8) is 0 Å². The van der Waals surface area contributed by atoms with Crippen LogP contribution in [0, 0.1) is 0 Å². The predicted molar refractivity (Wildman–Crippen MR) is 63.9 cm³/mol. The Morgan fingerprint density at radius 1 is 1.13 bits per heavy atom. The van der Waals surface area contributed by atoms with E-state index in [1.165, 1.54) is 18.7 Å². The SMILES string of the molecule is Nc1ccc(CCN2CCNCC2)cc1. The van der Waals surface area contributed by atoms with Gasteiger partial charge < -0.3 is 16.0 Å². The van der Waals surface area contributed by atoms with Crippen LogP contribution in [0.15, 0.2) is 24.3 Å². The molecule has 0 radical (unpaired) electrons. The highest BCUT2D eigenvalue weighted by Crippen LogP contribution is 2.07. The van der Waals surface area contributed by atoms with Gasteiger partial charge in [-0.05, 0) is 24.1 Å². The number of hydrogen-bond acceptors (Lipinski definition) is 3. The Labute approximate surface area is 91.3 Å². The third-order valence-electron chi connectivity index (χ3n) is 2.91. The molecule has 0 spiro atoms. The Kier molecular flexibility index (Phi) is 3.59. The largest absolute Gasteiger partial charge is 0.399 e. The molecule has 3 heteroatoms. The molecular formula is C12H19N3. The van der Waals surface area contributed by atoms with E-state index >= 15 is 0 Å². The average molecular weight is 205 g/mol. The van der Waals surface area contributed by atoms with E-state index in [9.17, 15) is 0 Å². The number of hydrogen-bond donors (Lipinski definition) is 2. The number of anilines is 1. The van der Waals surface area contributed by atoms with E-state index in [2.05, 4.69) is 22.3 Å². The molecule has 1 aliphatic rings. The van der Waals surface area contributed by atoms with Gasteiger partial charge in [0.05, 0.1) is 0 Å². The fourth-order valence-electron chi connectivity index (χ4n) is 1.91. The van der Waals surface area contributed by atoms with Crippen molar-refractivity contribution in [3.8, 4) is 0 Å². The number of piperazine rings is 1. The number of nitrogens with zero attached hydrogens (tertiary/aromatic N) is 1. The molecule has 0 saturated carbocycles. The van der Waals surface area contributed by atoms with Gasteiger partial charge in [0.1, 0.15) is 0 Å². The van der Waals surface area contributed by atoms with Gasteiger partial charge in [0.2, 0.25) is 0 Å². The third kappa shape index (κ3) is 3.22. The quantitative estimate of drug-likeness (QED) is 0.714. The third-order valence-corrected chi connectivity index (χ3v) is 2.91. The van der Waals surface area contributed by atoms with Gasteiger partial charge in [0.15, 0.2) is 0 Å². The van der Waals surface area contributed by atoms with Crippen LogP contribution in [-0.2, 0) is 6.42 Å². The van der Waals surface area contributed by atoms with Crippen LogP contribution in [0.4, 0.5) is 5.69 Å². The van der Waals surface area contributed by atoms with Gasteiger partial charge in [0.25, 0.3) is 0 Å². The van der Waals surface area contributed by atoms with E-state index in [-0.39, 0.29) is 0 Å². The second-order valence-corrected chi connectivity index (χ2v) is 4.08. The molecule has 1 aromatic carbocycles. The summed E-state index contributed by atoms with van der Waals surface area (Å²) in [5, 5.41) is 3.36. The maximum Gasteiger partial charge on any atom is 0.0314 e. The van der Waals surface area contributed by atoms with Gasteiger partial charge in [-0.3, -0.25) is 0 Å². The van der Waals surface area contributed by atoms with Gasteiger partial charge in [-0.25, -0.2) is 0 Å². The summed E-state index contributed by atoms with van der Waals surface area (Å²) in [6.45, 7) is 5.76. The summed E-state index contributed by atoms with van der Waals surface area (Å²) in [6, 6.07) is 8.20. The molecule has 2 rings (SSSR count). The monoisotopic (exact) mass is 205 g/mol. The number of nitrogens with two attached hydrogens (primary N) is 1. The highest BCUT2D eigenvalue weighted by Gasteiger charge is 2.08. The highest BCUT2D eigenvalue weighted by atomic mass is 15.2. The van der Waals surface area contributed by atoms with E-state index in [0.29, 0.717) is 0 Å². The maximum absolute atomic E-state index is 5.65. The first kappa shape index (κ1) is 10.5. The molecule has 1 fully saturated rings. The van der Waals surface area contributed by atoms with Crippen molar-refractivity contribution >= 4 is 5.69 Å². The predicted octanol–water partition coefficient (Wildman–Crippen LogP) is 0.717. The first-order valence-corrected chi connectivity index (χ1v) is 5.62. The average Bonchev–Trinajstić information content (AvgIpc) is 2.30. The van der Waals surface area contributed by atoms with Crippen LogP contribution in [-0.4, -0.2) is 37.6 Å². The van der Waals surface area contributed by atoms with E-state index < -0.39 is 0 Å². The summed E-state index contributed by atoms with van der Waals surface area (Å²) in [6.07, 6.45) is 1.13. The number of nitrogen functional groups attached to an aromatic ring is 1. The van der Waals surface area contributed by atoms with Gasteiger partial charge in [-0.2, -0.15) is 0 Å². The van der Waals surface area contributed by atoms with E-state index in [1.807, 2.05) is 12.1 Å². The normalized spacial score (nSPS) is 17.9. The Balaban J connectivity index is 1.79. The lowest BCUT2D eigenvalue weighted by Gasteiger charge is -2.27. The van der Waals surface area contributed by atoms with Crippen LogP contribution in [0.5, 0.6) is 0 Å². The van der Waals surface area contributed by atoms with Gasteiger partial charge in [0, 0.05) is 38.4 Å². The van der Waals surface area contributed by atoms with Crippen LogP contribution in [0.3, 0.4) is 0 Å². The Morgan fingerprint density at radius 3 is 2.47 bits per heavy atom. The molecule has 0 unspecified atom stereocenters. The summed E-state index contributed by atoms with van der Waals surface area (Å²) in [5.74, 6) is 0. The second-order valence-electron chi connectivity index (χ2n) is 4.08. The van der Waals surface area contributed by atoms with Crippen molar-refractivity contribution in [1.29, 1.82) is 0 Å². The molecule has 1 heterocycles. The van der Waals surface area contributed by atoms with Crippen molar-refractivity contribution in [3.05, 3.63) is 29.8 Å². The zero-order valence-corrected chi connectivity index (χ0v) is 9.08. The molecule has 1 aliphatic heterocycles. The minimum absolute atomic E-state index is 0.848. The molecule has 0 bridgehead atoms. The topological polar surface area (TPSA) is 41.3 Å². The molecule has 0 atom stereocenters. The molecule has 0 aromatic heterocycles. The number of nitrogens with one attached hydrogen (secondary N) is 1. The molecule has 0 amide bonds. The van der Waals surface area contributed by atoms with Crippen LogP contribution in [0.25, 0.3) is 0 Å². The van der Waals surface area contributed by atoms with Crippen LogP contribution >= 0.6 is 0 Å². The van der Waals surface area contributed by atoms with Crippen molar-refractivity contribution in [2.75, 3.05) is 38.5 Å².